The molecule has 0 saturated heterocycles. The molecule has 2 nitrogen and oxygen atoms in total. The number of fused-ring (bicyclic) bond motifs is 1. The van der Waals surface area contributed by atoms with E-state index in [9.17, 15) is 0 Å². The lowest BCUT2D eigenvalue weighted by molar-refractivity contribution is 1.31. The molecular weight excluding hydrogens is 224 g/mol. The van der Waals surface area contributed by atoms with E-state index in [-0.39, 0.29) is 0 Å². The topological polar surface area (TPSA) is 25.8 Å². The molecule has 0 N–H and O–H groups in total. The number of hydrogen-bond acceptors (Lipinski definition) is 3. The molecule has 2 aromatic heterocycles. The van der Waals surface area contributed by atoms with Gasteiger partial charge in [0.05, 0.1) is 5.33 Å². The van der Waals surface area contributed by atoms with Crippen LogP contribution in [0.25, 0.3) is 10.3 Å². The van der Waals surface area contributed by atoms with Crippen LogP contribution in [0.1, 0.15) is 5.01 Å². The Morgan fingerprint density at radius 1 is 1.55 bits per heavy atom. The van der Waals surface area contributed by atoms with Crippen LogP contribution in [0.3, 0.4) is 0 Å². The number of rotatable bonds is 1. The number of thiazole rings is 1. The van der Waals surface area contributed by atoms with Crippen LogP contribution in [0, 0.1) is 0 Å². The molecule has 0 bridgehead atoms. The van der Waals surface area contributed by atoms with Crippen molar-refractivity contribution in [3.05, 3.63) is 23.3 Å². The molecule has 2 heterocycles. The summed E-state index contributed by atoms with van der Waals surface area (Å²) in [6, 6.07) is 3.88. The number of aromatic nitrogens is 2. The molecule has 0 aliphatic heterocycles. The lowest BCUT2D eigenvalue weighted by atomic mass is 10.5. The third-order valence-electron chi connectivity index (χ3n) is 1.33. The van der Waals surface area contributed by atoms with Crippen molar-refractivity contribution in [1.82, 2.24) is 9.97 Å². The number of hydrogen-bond donors (Lipinski definition) is 0. The average Bonchev–Trinajstić information content (AvgIpc) is 2.46. The van der Waals surface area contributed by atoms with E-state index in [2.05, 4.69) is 25.9 Å². The second-order valence-electron chi connectivity index (χ2n) is 2.07. The molecule has 0 saturated carbocycles. The molecule has 0 radical (unpaired) electrons. The molecule has 0 spiro atoms. The van der Waals surface area contributed by atoms with Crippen molar-refractivity contribution in [1.29, 1.82) is 0 Å². The van der Waals surface area contributed by atoms with Crippen molar-refractivity contribution in [3.8, 4) is 0 Å². The summed E-state index contributed by atoms with van der Waals surface area (Å²) in [4.78, 5) is 9.54. The summed E-state index contributed by atoms with van der Waals surface area (Å²) in [7, 11) is 0. The summed E-state index contributed by atoms with van der Waals surface area (Å²) in [6.07, 6.45) is 1.79. The summed E-state index contributed by atoms with van der Waals surface area (Å²) in [6.45, 7) is 0. The van der Waals surface area contributed by atoms with Gasteiger partial charge < -0.3 is 0 Å². The fourth-order valence-electron chi connectivity index (χ4n) is 0.872. The van der Waals surface area contributed by atoms with E-state index in [1.165, 1.54) is 0 Å². The zero-order valence-electron chi connectivity index (χ0n) is 5.62. The van der Waals surface area contributed by atoms with Crippen LogP contribution in [0.15, 0.2) is 18.3 Å². The number of pyridine rings is 1. The molecule has 0 aromatic carbocycles. The molecule has 2 rings (SSSR count). The minimum atomic E-state index is 0.814. The fourth-order valence-corrected chi connectivity index (χ4v) is 2.09. The molecule has 0 aliphatic carbocycles. The maximum Gasteiger partial charge on any atom is 0.143 e. The standard InChI is InChI=1S/C7H5BrN2S/c8-4-6-10-5-2-1-3-9-7(5)11-6/h1-3H,4H2. The Labute approximate surface area is 76.4 Å². The summed E-state index contributed by atoms with van der Waals surface area (Å²) in [5.41, 5.74) is 0.993. The van der Waals surface area contributed by atoms with Gasteiger partial charge in [-0.15, -0.1) is 0 Å². The molecule has 0 unspecified atom stereocenters. The van der Waals surface area contributed by atoms with Gasteiger partial charge >= 0.3 is 0 Å². The lowest BCUT2D eigenvalue weighted by Gasteiger charge is -1.80. The van der Waals surface area contributed by atoms with E-state index in [4.69, 9.17) is 0 Å². The van der Waals surface area contributed by atoms with Crippen molar-refractivity contribution >= 4 is 37.6 Å². The first kappa shape index (κ1) is 7.18. The first-order valence-electron chi connectivity index (χ1n) is 3.16. The number of halogens is 1. The van der Waals surface area contributed by atoms with Gasteiger partial charge in [-0.25, -0.2) is 9.97 Å². The van der Waals surface area contributed by atoms with Gasteiger partial charge in [0.25, 0.3) is 0 Å². The first-order chi connectivity index (χ1) is 5.40. The molecule has 0 fully saturated rings. The van der Waals surface area contributed by atoms with Gasteiger partial charge in [-0.1, -0.05) is 27.3 Å². The third kappa shape index (κ3) is 1.28. The van der Waals surface area contributed by atoms with E-state index >= 15 is 0 Å². The van der Waals surface area contributed by atoms with Gasteiger partial charge in [0.2, 0.25) is 0 Å². The maximum atomic E-state index is 4.34. The molecule has 4 heteroatoms. The van der Waals surface area contributed by atoms with Crippen molar-refractivity contribution in [2.24, 2.45) is 0 Å². The fraction of sp³-hybridized carbons (Fsp3) is 0.143. The van der Waals surface area contributed by atoms with Crippen LogP contribution in [0.5, 0.6) is 0 Å². The van der Waals surface area contributed by atoms with Gasteiger partial charge in [-0.3, -0.25) is 0 Å². The van der Waals surface area contributed by atoms with Crippen molar-refractivity contribution < 1.29 is 0 Å². The van der Waals surface area contributed by atoms with E-state index in [1.54, 1.807) is 17.5 Å². The largest absolute Gasteiger partial charge is 0.244 e. The summed E-state index contributed by atoms with van der Waals surface area (Å²) in [5.74, 6) is 0. The highest BCUT2D eigenvalue weighted by Gasteiger charge is 2.00. The Bertz CT molecular complexity index is 338. The van der Waals surface area contributed by atoms with Crippen LogP contribution < -0.4 is 0 Å². The van der Waals surface area contributed by atoms with Gasteiger partial charge in [0.15, 0.2) is 0 Å². The minimum Gasteiger partial charge on any atom is -0.244 e. The van der Waals surface area contributed by atoms with E-state index in [0.29, 0.717) is 0 Å². The SMILES string of the molecule is BrCc1nc2cccnc2s1. The number of alkyl halides is 1. The van der Waals surface area contributed by atoms with Gasteiger partial charge in [0.1, 0.15) is 15.4 Å². The molecule has 0 aliphatic rings. The zero-order chi connectivity index (χ0) is 7.68. The van der Waals surface area contributed by atoms with Crippen molar-refractivity contribution in [2.45, 2.75) is 5.33 Å². The molecule has 2 aromatic rings. The van der Waals surface area contributed by atoms with Crippen LogP contribution in [0.2, 0.25) is 0 Å². The quantitative estimate of drug-likeness (QED) is 0.702. The van der Waals surface area contributed by atoms with Crippen LogP contribution in [-0.2, 0) is 5.33 Å². The Balaban J connectivity index is 2.69. The van der Waals surface area contributed by atoms with Crippen LogP contribution >= 0.6 is 27.3 Å². The minimum absolute atomic E-state index is 0.814. The molecular formula is C7H5BrN2S. The van der Waals surface area contributed by atoms with Crippen LogP contribution in [-0.4, -0.2) is 9.97 Å². The Hall–Kier alpha value is -0.480. The van der Waals surface area contributed by atoms with Crippen molar-refractivity contribution in [3.63, 3.8) is 0 Å². The molecule has 11 heavy (non-hydrogen) atoms. The highest BCUT2D eigenvalue weighted by molar-refractivity contribution is 9.08. The molecule has 0 atom stereocenters. The Morgan fingerprint density at radius 3 is 3.18 bits per heavy atom. The summed E-state index contributed by atoms with van der Waals surface area (Å²) >= 11 is 4.98. The Morgan fingerprint density at radius 2 is 2.45 bits per heavy atom. The monoisotopic (exact) mass is 228 g/mol. The van der Waals surface area contributed by atoms with E-state index < -0.39 is 0 Å². The summed E-state index contributed by atoms with van der Waals surface area (Å²) in [5, 5.41) is 1.90. The lowest BCUT2D eigenvalue weighted by Crippen LogP contribution is -1.71. The first-order valence-corrected chi connectivity index (χ1v) is 5.10. The normalized spacial score (nSPS) is 10.6. The van der Waals surface area contributed by atoms with Gasteiger partial charge in [-0.2, -0.15) is 0 Å². The predicted octanol–water partition coefficient (Wildman–Crippen LogP) is 2.59. The highest BCUT2D eigenvalue weighted by atomic mass is 79.9. The third-order valence-corrected chi connectivity index (χ3v) is 3.21. The van der Waals surface area contributed by atoms with E-state index in [1.807, 2.05) is 12.1 Å². The van der Waals surface area contributed by atoms with Gasteiger partial charge in [0, 0.05) is 6.20 Å². The average molecular weight is 229 g/mol. The van der Waals surface area contributed by atoms with E-state index in [0.717, 1.165) is 20.7 Å². The molecule has 56 valence electrons. The number of nitrogens with zero attached hydrogens (tertiary/aromatic N) is 2. The van der Waals surface area contributed by atoms with Gasteiger partial charge in [-0.05, 0) is 12.1 Å². The highest BCUT2D eigenvalue weighted by Crippen LogP contribution is 2.20. The zero-order valence-corrected chi connectivity index (χ0v) is 8.02. The smallest absolute Gasteiger partial charge is 0.143 e. The second-order valence-corrected chi connectivity index (χ2v) is 3.69. The molecule has 0 amide bonds. The summed E-state index contributed by atoms with van der Waals surface area (Å²) < 4.78 is 0. The van der Waals surface area contributed by atoms with Crippen LogP contribution in [0.4, 0.5) is 0 Å². The van der Waals surface area contributed by atoms with Crippen molar-refractivity contribution in [2.75, 3.05) is 0 Å². The predicted molar refractivity (Wildman–Crippen MR) is 50.0 cm³/mol. The Kier molecular flexibility index (Phi) is 1.87. The maximum absolute atomic E-state index is 4.34. The second kappa shape index (κ2) is 2.87.